The zero-order valence-electron chi connectivity index (χ0n) is 21.4. The Bertz CT molecular complexity index is 560. The Labute approximate surface area is 211 Å². The van der Waals surface area contributed by atoms with Gasteiger partial charge in [0.15, 0.2) is 18.9 Å². The van der Waals surface area contributed by atoms with Crippen LogP contribution in [0, 0.1) is 0 Å². The van der Waals surface area contributed by atoms with Crippen LogP contribution in [0.25, 0.3) is 0 Å². The van der Waals surface area contributed by atoms with Crippen LogP contribution in [0.3, 0.4) is 0 Å². The van der Waals surface area contributed by atoms with E-state index in [2.05, 4.69) is 0 Å². The zero-order chi connectivity index (χ0) is 25.2. The Hall–Kier alpha value is 0.171. The highest BCUT2D eigenvalue weighted by Gasteiger charge is 2.52. The number of hydrogen-bond donors (Lipinski definition) is 1. The second kappa shape index (κ2) is 14.4. The Morgan fingerprint density at radius 1 is 0.686 bits per heavy atom. The molecule has 3 heterocycles. The lowest BCUT2D eigenvalue weighted by atomic mass is 10.5. The van der Waals surface area contributed by atoms with E-state index in [9.17, 15) is 5.11 Å². The number of aliphatic hydroxyl groups excluding tert-OH is 1. The van der Waals surface area contributed by atoms with Crippen molar-refractivity contribution in [3.8, 4) is 0 Å². The molecule has 5 unspecified atom stereocenters. The largest absolute Gasteiger partial charge is 0.491 e. The van der Waals surface area contributed by atoms with E-state index < -0.39 is 25.9 Å². The van der Waals surface area contributed by atoms with E-state index in [0.29, 0.717) is 77.0 Å². The molecule has 3 rings (SSSR count). The molecule has 0 bridgehead atoms. The van der Waals surface area contributed by atoms with Crippen LogP contribution in [-0.4, -0.2) is 117 Å². The van der Waals surface area contributed by atoms with Gasteiger partial charge in [0.05, 0.1) is 6.23 Å². The van der Waals surface area contributed by atoms with Gasteiger partial charge >= 0.3 is 25.9 Å². The lowest BCUT2D eigenvalue weighted by Gasteiger charge is -2.41. The molecule has 206 valence electrons. The molecule has 0 aromatic rings. The molecule has 3 aliphatic rings. The minimum atomic E-state index is -3.08. The first-order valence-electron chi connectivity index (χ1n) is 12.3. The average Bonchev–Trinajstić information content (AvgIpc) is 3.71. The highest BCUT2D eigenvalue weighted by Crippen LogP contribution is 2.31. The summed E-state index contributed by atoms with van der Waals surface area (Å²) in [4.78, 5) is 0. The van der Waals surface area contributed by atoms with Gasteiger partial charge in [0.25, 0.3) is 0 Å². The van der Waals surface area contributed by atoms with Gasteiger partial charge in [-0.05, 0) is 37.9 Å². The van der Waals surface area contributed by atoms with Crippen molar-refractivity contribution in [2.75, 3.05) is 67.2 Å². The van der Waals surface area contributed by atoms with E-state index in [4.69, 9.17) is 49.9 Å². The summed E-state index contributed by atoms with van der Waals surface area (Å²) in [6.07, 6.45) is 1.61. The second-order valence-corrected chi connectivity index (χ2v) is 19.0. The number of hydrogen-bond acceptors (Lipinski definition) is 12. The summed E-state index contributed by atoms with van der Waals surface area (Å²) in [7, 11) is -4.23. The van der Waals surface area contributed by atoms with E-state index in [-0.39, 0.29) is 25.1 Å². The molecule has 0 spiro atoms. The monoisotopic (exact) mass is 558 g/mol. The topological polar surface area (TPSA) is 132 Å². The minimum absolute atomic E-state index is 0.0937. The Kier molecular flexibility index (Phi) is 12.2. The molecular weight excluding hydrogens is 516 g/mol. The number of aliphatic hydroxyl groups is 1. The number of ether oxygens (including phenoxy) is 6. The van der Waals surface area contributed by atoms with Crippen molar-refractivity contribution in [2.24, 2.45) is 0 Å². The zero-order valence-corrected chi connectivity index (χ0v) is 24.4. The molecule has 0 radical (unpaired) electrons. The molecular formula is C20H42O12Si3. The van der Waals surface area contributed by atoms with Crippen molar-refractivity contribution in [3.63, 3.8) is 0 Å². The van der Waals surface area contributed by atoms with Crippen LogP contribution >= 0.6 is 0 Å². The molecule has 3 aliphatic heterocycles. The molecule has 15 heteroatoms. The van der Waals surface area contributed by atoms with Crippen LogP contribution in [0.4, 0.5) is 0 Å². The molecule has 0 saturated carbocycles. The van der Waals surface area contributed by atoms with Gasteiger partial charge in [0, 0.05) is 47.2 Å². The van der Waals surface area contributed by atoms with E-state index in [1.807, 2.05) is 6.55 Å². The predicted molar refractivity (Wildman–Crippen MR) is 129 cm³/mol. The van der Waals surface area contributed by atoms with Gasteiger partial charge in [-0.3, -0.25) is 0 Å². The van der Waals surface area contributed by atoms with Crippen LogP contribution in [-0.2, 0) is 49.9 Å². The van der Waals surface area contributed by atoms with Gasteiger partial charge in [0.2, 0.25) is 0 Å². The van der Waals surface area contributed by atoms with Gasteiger partial charge < -0.3 is 55.0 Å². The van der Waals surface area contributed by atoms with Gasteiger partial charge in [-0.15, -0.1) is 0 Å². The minimum Gasteiger partial charge on any atom is -0.414 e. The fraction of sp³-hybridized carbons (Fsp3) is 1.00. The molecule has 12 nitrogen and oxygen atoms in total. The van der Waals surface area contributed by atoms with E-state index in [1.54, 1.807) is 21.3 Å². The average molecular weight is 559 g/mol. The van der Waals surface area contributed by atoms with Crippen LogP contribution < -0.4 is 0 Å². The molecule has 0 aromatic heterocycles. The van der Waals surface area contributed by atoms with Crippen molar-refractivity contribution >= 4 is 25.9 Å². The van der Waals surface area contributed by atoms with Crippen molar-refractivity contribution in [1.82, 2.24) is 0 Å². The quantitative estimate of drug-likeness (QED) is 0.110. The van der Waals surface area contributed by atoms with Gasteiger partial charge in [-0.25, -0.2) is 0 Å². The maximum atomic E-state index is 10.3. The Morgan fingerprint density at radius 2 is 1.14 bits per heavy atom. The Morgan fingerprint density at radius 3 is 1.54 bits per heavy atom. The molecule has 0 aromatic carbocycles. The van der Waals surface area contributed by atoms with Crippen molar-refractivity contribution in [2.45, 2.75) is 62.8 Å². The highest BCUT2D eigenvalue weighted by atomic mass is 28.5. The highest BCUT2D eigenvalue weighted by molar-refractivity contribution is 6.85. The van der Waals surface area contributed by atoms with Crippen LogP contribution in [0.5, 0.6) is 0 Å². The summed E-state index contributed by atoms with van der Waals surface area (Å²) >= 11 is 0. The van der Waals surface area contributed by atoms with Crippen LogP contribution in [0.15, 0.2) is 0 Å². The van der Waals surface area contributed by atoms with Gasteiger partial charge in [-0.1, -0.05) is 0 Å². The van der Waals surface area contributed by atoms with E-state index in [0.717, 1.165) is 0 Å². The predicted octanol–water partition coefficient (Wildman–Crippen LogP) is 1.23. The summed E-state index contributed by atoms with van der Waals surface area (Å²) in [5.41, 5.74) is 0. The van der Waals surface area contributed by atoms with Gasteiger partial charge in [0.1, 0.15) is 19.8 Å². The maximum Gasteiger partial charge on any atom is 0.491 e. The van der Waals surface area contributed by atoms with Crippen molar-refractivity contribution in [3.05, 3.63) is 0 Å². The Balaban J connectivity index is 1.62. The van der Waals surface area contributed by atoms with Crippen molar-refractivity contribution in [1.29, 1.82) is 0 Å². The molecule has 35 heavy (non-hydrogen) atoms. The van der Waals surface area contributed by atoms with E-state index in [1.165, 1.54) is 0 Å². The molecule has 1 N–H and O–H groups in total. The molecule has 0 amide bonds. The smallest absolute Gasteiger partial charge is 0.414 e. The fourth-order valence-electron chi connectivity index (χ4n) is 3.71. The number of epoxide rings is 3. The third-order valence-electron chi connectivity index (χ3n) is 5.93. The maximum absolute atomic E-state index is 10.3. The van der Waals surface area contributed by atoms with Crippen LogP contribution in [0.1, 0.15) is 19.3 Å². The summed E-state index contributed by atoms with van der Waals surface area (Å²) in [6, 6.07) is 1.76. The van der Waals surface area contributed by atoms with Crippen LogP contribution in [0.2, 0.25) is 24.7 Å². The third kappa shape index (κ3) is 10.8. The van der Waals surface area contributed by atoms with E-state index >= 15 is 0 Å². The summed E-state index contributed by atoms with van der Waals surface area (Å²) in [6.45, 7) is 5.47. The summed E-state index contributed by atoms with van der Waals surface area (Å²) in [5, 5.41) is 10.3. The van der Waals surface area contributed by atoms with Gasteiger partial charge in [-0.2, -0.15) is 0 Å². The molecule has 3 saturated heterocycles. The standard InChI is InChI=1S/C20H42O12Si3/c1-22-34(17-21,12-6-9-26-19-15-29-19)31-33(4,11-5-8-25-18-14-28-18)32-35(23-2,24-3)13-7-10-27-20-16-30-20/h18-21H,5-17H2,1-4H3. The lowest BCUT2D eigenvalue weighted by molar-refractivity contribution is 0.0466. The molecule has 0 aliphatic carbocycles. The lowest BCUT2D eigenvalue weighted by Crippen LogP contribution is -2.61. The first-order valence-corrected chi connectivity index (χ1v) is 18.9. The first-order chi connectivity index (χ1) is 16.9. The fourth-order valence-corrected chi connectivity index (χ4v) is 16.0. The third-order valence-corrected chi connectivity index (χ3v) is 17.9. The number of rotatable bonds is 23. The first kappa shape index (κ1) is 29.7. The normalized spacial score (nSPS) is 26.8. The summed E-state index contributed by atoms with van der Waals surface area (Å²) in [5.74, 6) is 0. The molecule has 3 fully saturated rings. The molecule has 5 atom stereocenters. The second-order valence-electron chi connectivity index (χ2n) is 8.91. The SMILES string of the molecule is CO[Si](CO)(CCCOC1CO1)O[Si](C)(CCCOC1CO1)O[Si](CCCOC1CO1)(OC)OC. The van der Waals surface area contributed by atoms with Crippen molar-refractivity contribution < 1.29 is 55.0 Å². The summed E-state index contributed by atoms with van der Waals surface area (Å²) < 4.78 is 63.1.